The second-order valence-electron chi connectivity index (χ2n) is 7.07. The van der Waals surface area contributed by atoms with Gasteiger partial charge in [0, 0.05) is 19.1 Å². The van der Waals surface area contributed by atoms with Gasteiger partial charge in [-0.25, -0.2) is 21.9 Å². The van der Waals surface area contributed by atoms with Crippen LogP contribution in [-0.2, 0) is 10.0 Å². The van der Waals surface area contributed by atoms with Crippen LogP contribution in [-0.4, -0.2) is 46.2 Å². The van der Waals surface area contributed by atoms with Gasteiger partial charge in [0.15, 0.2) is 11.5 Å². The summed E-state index contributed by atoms with van der Waals surface area (Å²) in [4.78, 5) is 1.50. The highest BCUT2D eigenvalue weighted by Crippen LogP contribution is 2.37. The maximum absolute atomic E-state index is 13.8. The second kappa shape index (κ2) is 8.25. The number of benzene rings is 2. The molecule has 0 spiro atoms. The summed E-state index contributed by atoms with van der Waals surface area (Å²) in [7, 11) is -4.13. The van der Waals surface area contributed by atoms with Crippen molar-refractivity contribution >= 4 is 10.0 Å². The summed E-state index contributed by atoms with van der Waals surface area (Å²) in [5, 5.41) is 0. The molecule has 6 nitrogen and oxygen atoms in total. The van der Waals surface area contributed by atoms with Crippen molar-refractivity contribution in [2.24, 2.45) is 0 Å². The molecule has 2 aliphatic rings. The number of sulfonamides is 1. The molecule has 2 heterocycles. The van der Waals surface area contributed by atoms with Crippen LogP contribution < -0.4 is 14.2 Å². The van der Waals surface area contributed by atoms with Crippen LogP contribution in [0.3, 0.4) is 0 Å². The molecule has 4 rings (SSSR count). The Kier molecular flexibility index (Phi) is 5.71. The van der Waals surface area contributed by atoms with Crippen molar-refractivity contribution in [3.05, 3.63) is 53.6 Å². The monoisotopic (exact) mass is 424 g/mol. The van der Waals surface area contributed by atoms with Crippen molar-refractivity contribution in [1.29, 1.82) is 0 Å². The summed E-state index contributed by atoms with van der Waals surface area (Å²) in [5.74, 6) is -0.323. The molecule has 9 heteroatoms. The zero-order valence-electron chi connectivity index (χ0n) is 15.7. The third kappa shape index (κ3) is 4.36. The van der Waals surface area contributed by atoms with E-state index in [9.17, 15) is 17.2 Å². The largest absolute Gasteiger partial charge is 0.486 e. The first-order chi connectivity index (χ1) is 13.9. The summed E-state index contributed by atoms with van der Waals surface area (Å²) < 4.78 is 65.3. The van der Waals surface area contributed by atoms with Crippen molar-refractivity contribution in [2.75, 3.05) is 32.8 Å². The maximum Gasteiger partial charge on any atom is 0.243 e. The van der Waals surface area contributed by atoms with Gasteiger partial charge in [-0.15, -0.1) is 0 Å². The summed E-state index contributed by atoms with van der Waals surface area (Å²) in [6.45, 7) is 2.43. The average molecular weight is 424 g/mol. The van der Waals surface area contributed by atoms with Gasteiger partial charge in [-0.2, -0.15) is 0 Å². The SMILES string of the molecule is O=S(=O)(NCCN1CCCC1c1ccc2c(c1)OCCO2)c1cc(F)ccc1F. The molecular weight excluding hydrogens is 402 g/mol. The normalized spacial score (nSPS) is 19.4. The third-order valence-corrected chi connectivity index (χ3v) is 6.66. The van der Waals surface area contributed by atoms with Crippen LogP contribution in [0.5, 0.6) is 11.5 Å². The number of ether oxygens (including phenoxy) is 2. The topological polar surface area (TPSA) is 67.9 Å². The zero-order valence-corrected chi connectivity index (χ0v) is 16.6. The van der Waals surface area contributed by atoms with Crippen molar-refractivity contribution in [2.45, 2.75) is 23.8 Å². The Hall–Kier alpha value is -2.23. The minimum absolute atomic E-state index is 0.0966. The average Bonchev–Trinajstić information content (AvgIpc) is 3.17. The number of halogens is 2. The van der Waals surface area contributed by atoms with Crippen molar-refractivity contribution in [3.63, 3.8) is 0 Å². The first-order valence-corrected chi connectivity index (χ1v) is 11.0. The molecule has 2 aromatic carbocycles. The van der Waals surface area contributed by atoms with Gasteiger partial charge >= 0.3 is 0 Å². The van der Waals surface area contributed by atoms with E-state index in [0.717, 1.165) is 48.6 Å². The second-order valence-corrected chi connectivity index (χ2v) is 8.80. The van der Waals surface area contributed by atoms with Gasteiger partial charge in [-0.1, -0.05) is 6.07 Å². The lowest BCUT2D eigenvalue weighted by Gasteiger charge is -2.26. The lowest BCUT2D eigenvalue weighted by atomic mass is 10.0. The van der Waals surface area contributed by atoms with Crippen LogP contribution in [0.2, 0.25) is 0 Å². The summed E-state index contributed by atoms with van der Waals surface area (Å²) >= 11 is 0. The first-order valence-electron chi connectivity index (χ1n) is 9.52. The van der Waals surface area contributed by atoms with Crippen LogP contribution in [0, 0.1) is 11.6 Å². The Morgan fingerprint density at radius 1 is 1.07 bits per heavy atom. The fourth-order valence-corrected chi connectivity index (χ4v) is 4.93. The van der Waals surface area contributed by atoms with Crippen LogP contribution in [0.1, 0.15) is 24.4 Å². The van der Waals surface area contributed by atoms with E-state index >= 15 is 0 Å². The van der Waals surface area contributed by atoms with Gasteiger partial charge < -0.3 is 9.47 Å². The number of likely N-dealkylation sites (tertiary alicyclic amines) is 1. The molecule has 1 atom stereocenters. The molecule has 1 N–H and O–H groups in total. The highest BCUT2D eigenvalue weighted by Gasteiger charge is 2.28. The zero-order chi connectivity index (χ0) is 20.4. The van der Waals surface area contributed by atoms with E-state index in [4.69, 9.17) is 9.47 Å². The van der Waals surface area contributed by atoms with Crippen LogP contribution in [0.15, 0.2) is 41.3 Å². The van der Waals surface area contributed by atoms with Gasteiger partial charge in [0.05, 0.1) is 0 Å². The van der Waals surface area contributed by atoms with E-state index < -0.39 is 26.6 Å². The summed E-state index contributed by atoms with van der Waals surface area (Å²) in [5.41, 5.74) is 1.09. The third-order valence-electron chi connectivity index (χ3n) is 5.19. The molecule has 1 unspecified atom stereocenters. The van der Waals surface area contributed by atoms with E-state index in [-0.39, 0.29) is 12.6 Å². The standard InChI is InChI=1S/C20H22F2N2O4S/c21-15-4-5-16(22)20(13-15)29(25,26)23-7-9-24-8-1-2-17(24)14-3-6-18-19(12-14)28-11-10-27-18/h3-6,12-13,17,23H,1-2,7-11H2. The number of nitrogens with one attached hydrogen (secondary N) is 1. The van der Waals surface area contributed by atoms with Gasteiger partial charge in [0.1, 0.15) is 29.7 Å². The Bertz CT molecular complexity index is 1000. The predicted octanol–water partition coefficient (Wildman–Crippen LogP) is 2.85. The van der Waals surface area contributed by atoms with E-state index in [2.05, 4.69) is 9.62 Å². The number of hydrogen-bond donors (Lipinski definition) is 1. The number of fused-ring (bicyclic) bond motifs is 1. The Balaban J connectivity index is 1.41. The quantitative estimate of drug-likeness (QED) is 0.773. The fourth-order valence-electron chi connectivity index (χ4n) is 3.82. The smallest absolute Gasteiger partial charge is 0.243 e. The Morgan fingerprint density at radius 3 is 2.69 bits per heavy atom. The molecule has 2 aliphatic heterocycles. The molecular formula is C20H22F2N2O4S. The van der Waals surface area contributed by atoms with E-state index in [1.807, 2.05) is 18.2 Å². The molecule has 156 valence electrons. The van der Waals surface area contributed by atoms with Crippen molar-refractivity contribution < 1.29 is 26.7 Å². The number of hydrogen-bond acceptors (Lipinski definition) is 5. The molecule has 0 aliphatic carbocycles. The van der Waals surface area contributed by atoms with Crippen LogP contribution >= 0.6 is 0 Å². The predicted molar refractivity (Wildman–Crippen MR) is 103 cm³/mol. The van der Waals surface area contributed by atoms with E-state index in [1.165, 1.54) is 0 Å². The lowest BCUT2D eigenvalue weighted by Crippen LogP contribution is -2.35. The van der Waals surface area contributed by atoms with Crippen molar-refractivity contribution in [1.82, 2.24) is 9.62 Å². The van der Waals surface area contributed by atoms with E-state index in [1.54, 1.807) is 0 Å². The molecule has 2 aromatic rings. The lowest BCUT2D eigenvalue weighted by molar-refractivity contribution is 0.170. The molecule has 0 radical (unpaired) electrons. The molecule has 1 fully saturated rings. The maximum atomic E-state index is 13.8. The summed E-state index contributed by atoms with van der Waals surface area (Å²) in [6, 6.07) is 8.40. The highest BCUT2D eigenvalue weighted by atomic mass is 32.2. The Morgan fingerprint density at radius 2 is 1.86 bits per heavy atom. The van der Waals surface area contributed by atoms with Gasteiger partial charge in [0.2, 0.25) is 10.0 Å². The Labute approximate surface area is 168 Å². The first kappa shape index (κ1) is 20.1. The molecule has 0 amide bonds. The van der Waals surface area contributed by atoms with Crippen LogP contribution in [0.25, 0.3) is 0 Å². The van der Waals surface area contributed by atoms with E-state index in [0.29, 0.717) is 25.8 Å². The molecule has 0 aromatic heterocycles. The molecule has 29 heavy (non-hydrogen) atoms. The fraction of sp³-hybridized carbons (Fsp3) is 0.400. The van der Waals surface area contributed by atoms with Gasteiger partial charge in [-0.05, 0) is 55.3 Å². The molecule has 0 saturated carbocycles. The minimum atomic E-state index is -4.13. The van der Waals surface area contributed by atoms with Crippen LogP contribution in [0.4, 0.5) is 8.78 Å². The summed E-state index contributed by atoms with van der Waals surface area (Å²) in [6.07, 6.45) is 1.94. The highest BCUT2D eigenvalue weighted by molar-refractivity contribution is 7.89. The van der Waals surface area contributed by atoms with Gasteiger partial charge in [-0.3, -0.25) is 4.90 Å². The number of nitrogens with zero attached hydrogens (tertiary/aromatic N) is 1. The minimum Gasteiger partial charge on any atom is -0.486 e. The number of rotatable bonds is 6. The molecule has 1 saturated heterocycles. The molecule has 0 bridgehead atoms. The van der Waals surface area contributed by atoms with Crippen molar-refractivity contribution in [3.8, 4) is 11.5 Å². The van der Waals surface area contributed by atoms with Gasteiger partial charge in [0.25, 0.3) is 0 Å².